The van der Waals surface area contributed by atoms with Gasteiger partial charge in [0.15, 0.2) is 0 Å². The molecule has 0 bridgehead atoms. The lowest BCUT2D eigenvalue weighted by Crippen LogP contribution is -2.25. The molecule has 8 nitrogen and oxygen atoms in total. The molecule has 6 aromatic carbocycles. The van der Waals surface area contributed by atoms with E-state index in [2.05, 4.69) is 60.3 Å². The van der Waals surface area contributed by atoms with Crippen molar-refractivity contribution in [3.05, 3.63) is 130 Å². The Labute approximate surface area is 298 Å². The fourth-order valence-corrected chi connectivity index (χ4v) is 7.51. The van der Waals surface area contributed by atoms with Gasteiger partial charge in [0.25, 0.3) is 0 Å². The maximum absolute atomic E-state index is 11.6. The summed E-state index contributed by atoms with van der Waals surface area (Å²) in [6, 6.07) is 31.5. The van der Waals surface area contributed by atoms with E-state index in [1.54, 1.807) is 48.5 Å². The number of anilines is 2. The van der Waals surface area contributed by atoms with Crippen LogP contribution < -0.4 is 4.90 Å². The summed E-state index contributed by atoms with van der Waals surface area (Å²) in [6.07, 6.45) is 1.08. The highest BCUT2D eigenvalue weighted by atomic mass is 35.5. The molecule has 1 heterocycles. The normalized spacial score (nSPS) is 12.0. The molecule has 0 unspecified atom stereocenters. The molecule has 0 amide bonds. The number of hydrogen-bond acceptors (Lipinski definition) is 7. The molecule has 0 spiro atoms. The largest absolute Gasteiger partial charge is 0.507 e. The molecule has 0 radical (unpaired) electrons. The first kappa shape index (κ1) is 34.6. The lowest BCUT2D eigenvalue weighted by molar-refractivity contribution is 0.0682. The van der Waals surface area contributed by atoms with Gasteiger partial charge in [0.2, 0.25) is 0 Å². The van der Waals surface area contributed by atoms with Gasteiger partial charge in [-0.1, -0.05) is 84.0 Å². The second-order valence-corrected chi connectivity index (χ2v) is 13.7. The molecular formula is C40H35ClN2O6S. The van der Waals surface area contributed by atoms with Crippen LogP contribution in [0.4, 0.5) is 11.4 Å². The molecule has 0 aliphatic carbocycles. The lowest BCUT2D eigenvalue weighted by atomic mass is 9.90. The summed E-state index contributed by atoms with van der Waals surface area (Å²) in [5.74, 6) is -3.36. The van der Waals surface area contributed by atoms with Gasteiger partial charge < -0.3 is 30.2 Å². The van der Waals surface area contributed by atoms with E-state index in [4.69, 9.17) is 11.6 Å². The van der Waals surface area contributed by atoms with Crippen molar-refractivity contribution in [3.63, 3.8) is 0 Å². The average Bonchev–Trinajstić information content (AvgIpc) is 3.10. The third-order valence-corrected chi connectivity index (χ3v) is 10.0. The minimum atomic E-state index is -1.28. The van der Waals surface area contributed by atoms with Gasteiger partial charge in [-0.3, -0.25) is 0 Å². The Morgan fingerprint density at radius 3 is 1.78 bits per heavy atom. The predicted molar refractivity (Wildman–Crippen MR) is 200 cm³/mol. The number of fused-ring (bicyclic) bond motifs is 4. The predicted octanol–water partition coefficient (Wildman–Crippen LogP) is 9.29. The molecule has 0 fully saturated rings. The number of aromatic hydroxyl groups is 2. The van der Waals surface area contributed by atoms with Crippen molar-refractivity contribution in [2.24, 2.45) is 0 Å². The van der Waals surface area contributed by atoms with Crippen LogP contribution in [0, 0.1) is 0 Å². The van der Waals surface area contributed by atoms with Gasteiger partial charge in [-0.2, -0.15) is 0 Å². The monoisotopic (exact) mass is 706 g/mol. The van der Waals surface area contributed by atoms with Crippen molar-refractivity contribution in [2.75, 3.05) is 32.1 Å². The Bertz CT molecular complexity index is 2160. The first-order valence-corrected chi connectivity index (χ1v) is 17.2. The van der Waals surface area contributed by atoms with E-state index in [0.29, 0.717) is 32.7 Å². The molecule has 254 valence electrons. The van der Waals surface area contributed by atoms with Crippen molar-refractivity contribution < 1.29 is 30.0 Å². The fraction of sp³-hybridized carbons (Fsp3) is 0.150. The van der Waals surface area contributed by atoms with Gasteiger partial charge in [-0.15, -0.1) is 0 Å². The van der Waals surface area contributed by atoms with Crippen LogP contribution >= 0.6 is 23.4 Å². The van der Waals surface area contributed by atoms with Crippen molar-refractivity contribution in [1.29, 1.82) is 0 Å². The second kappa shape index (κ2) is 14.7. The SMILES string of the molecule is CN(C)CCCN1c2ccccc2Sc2ccc(Cl)cc21.O=C(O)c1cc2ccccc2c(Cc2c(O)c(C(=O)O)cc3ccccc23)c1O. The summed E-state index contributed by atoms with van der Waals surface area (Å²) < 4.78 is 0. The number of carboxylic acid groups (broad SMARTS) is 2. The number of halogens is 1. The molecule has 0 saturated carbocycles. The zero-order valence-electron chi connectivity index (χ0n) is 27.4. The van der Waals surface area contributed by atoms with Gasteiger partial charge in [0.05, 0.1) is 11.4 Å². The van der Waals surface area contributed by atoms with Crippen molar-refractivity contribution in [2.45, 2.75) is 22.6 Å². The average molecular weight is 707 g/mol. The minimum absolute atomic E-state index is 0.0407. The number of aromatic carboxylic acids is 2. The maximum Gasteiger partial charge on any atom is 0.339 e. The Balaban J connectivity index is 0.000000182. The summed E-state index contributed by atoms with van der Waals surface area (Å²) in [6.45, 7) is 2.09. The molecule has 1 aliphatic rings. The van der Waals surface area contributed by atoms with Crippen molar-refractivity contribution in [1.82, 2.24) is 4.90 Å². The zero-order valence-corrected chi connectivity index (χ0v) is 29.0. The smallest absolute Gasteiger partial charge is 0.339 e. The minimum Gasteiger partial charge on any atom is -0.507 e. The molecule has 4 N–H and O–H groups in total. The zero-order chi connectivity index (χ0) is 35.5. The molecule has 0 atom stereocenters. The Hall–Kier alpha value is -5.22. The summed E-state index contributed by atoms with van der Waals surface area (Å²) in [4.78, 5) is 30.4. The van der Waals surface area contributed by atoms with E-state index < -0.39 is 23.4 Å². The number of carbonyl (C=O) groups is 2. The number of benzene rings is 6. The van der Waals surface area contributed by atoms with Crippen LogP contribution in [-0.4, -0.2) is 64.4 Å². The Morgan fingerprint density at radius 2 is 1.22 bits per heavy atom. The maximum atomic E-state index is 11.6. The molecule has 0 saturated heterocycles. The molecule has 10 heteroatoms. The van der Waals surface area contributed by atoms with Gasteiger partial charge in [0, 0.05) is 38.9 Å². The van der Waals surface area contributed by atoms with Crippen molar-refractivity contribution in [3.8, 4) is 11.5 Å². The first-order valence-electron chi connectivity index (χ1n) is 16.0. The van der Waals surface area contributed by atoms with Crippen LogP contribution in [0.5, 0.6) is 11.5 Å². The van der Waals surface area contributed by atoms with Crippen molar-refractivity contribution >= 4 is 68.2 Å². The number of phenols is 2. The number of hydrogen-bond donors (Lipinski definition) is 4. The van der Waals surface area contributed by atoms with Gasteiger partial charge in [-0.05, 0) is 91.1 Å². The van der Waals surface area contributed by atoms with E-state index in [0.717, 1.165) is 24.5 Å². The second-order valence-electron chi connectivity index (χ2n) is 12.2. The fourth-order valence-electron chi connectivity index (χ4n) is 6.27. The van der Waals surface area contributed by atoms with Crippen LogP contribution in [-0.2, 0) is 6.42 Å². The molecular weight excluding hydrogens is 672 g/mol. The van der Waals surface area contributed by atoms with Crippen LogP contribution in [0.1, 0.15) is 38.3 Å². The molecule has 7 rings (SSSR count). The van der Waals surface area contributed by atoms with E-state index in [1.807, 2.05) is 17.8 Å². The number of para-hydroxylation sites is 1. The summed E-state index contributed by atoms with van der Waals surface area (Å²) in [5, 5.41) is 43.6. The standard InChI is InChI=1S/C23H16O6.C17H19ClN2S/c24-20-16(14-7-3-1-5-12(14)9-18(20)22(26)27)11-17-15-8-4-2-6-13(15)10-19(21(17)25)23(28)29;1-19(2)10-5-11-20-14-6-3-4-7-16(14)21-17-9-8-13(18)12-15(17)20/h1-10,24-25H,11H2,(H,26,27)(H,28,29);3-4,6-9,12H,5,10-11H2,1-2H3. The van der Waals surface area contributed by atoms with E-state index in [9.17, 15) is 30.0 Å². The quantitative estimate of drug-likeness (QED) is 0.123. The third kappa shape index (κ3) is 7.07. The van der Waals surface area contributed by atoms with Crippen LogP contribution in [0.3, 0.4) is 0 Å². The highest BCUT2D eigenvalue weighted by molar-refractivity contribution is 7.99. The Morgan fingerprint density at radius 1 is 0.700 bits per heavy atom. The Kier molecular flexibility index (Phi) is 10.2. The first-order chi connectivity index (χ1) is 24.0. The van der Waals surface area contributed by atoms with E-state index in [1.165, 1.54) is 33.3 Å². The molecule has 0 aromatic heterocycles. The molecule has 1 aliphatic heterocycles. The van der Waals surface area contributed by atoms with Crippen LogP contribution in [0.15, 0.2) is 113 Å². The third-order valence-electron chi connectivity index (χ3n) is 8.64. The summed E-state index contributed by atoms with van der Waals surface area (Å²) in [5.41, 5.74) is 2.63. The highest BCUT2D eigenvalue weighted by Crippen LogP contribution is 2.48. The molecule has 50 heavy (non-hydrogen) atoms. The van der Waals surface area contributed by atoms with Gasteiger partial charge in [-0.25, -0.2) is 9.59 Å². The van der Waals surface area contributed by atoms with Gasteiger partial charge >= 0.3 is 11.9 Å². The van der Waals surface area contributed by atoms with Gasteiger partial charge in [0.1, 0.15) is 22.6 Å². The number of carboxylic acids is 2. The number of rotatable bonds is 8. The lowest BCUT2D eigenvalue weighted by Gasteiger charge is -2.33. The molecule has 6 aromatic rings. The van der Waals surface area contributed by atoms with E-state index in [-0.39, 0.29) is 17.5 Å². The van der Waals surface area contributed by atoms with Crippen LogP contribution in [0.2, 0.25) is 5.02 Å². The topological polar surface area (TPSA) is 122 Å². The summed E-state index contributed by atoms with van der Waals surface area (Å²) >= 11 is 8.03. The van der Waals surface area contributed by atoms with E-state index >= 15 is 0 Å². The van der Waals surface area contributed by atoms with Crippen LogP contribution in [0.25, 0.3) is 21.5 Å². The number of nitrogens with zero attached hydrogens (tertiary/aromatic N) is 2. The highest BCUT2D eigenvalue weighted by Gasteiger charge is 2.24. The summed E-state index contributed by atoms with van der Waals surface area (Å²) in [7, 11) is 4.23.